The Balaban J connectivity index is 2.05. The molecule has 0 spiro atoms. The second kappa shape index (κ2) is 6.82. The first kappa shape index (κ1) is 16.8. The molecule has 0 saturated heterocycles. The summed E-state index contributed by atoms with van der Waals surface area (Å²) in [7, 11) is 2.99. The van der Waals surface area contributed by atoms with E-state index in [2.05, 4.69) is 4.98 Å². The Morgan fingerprint density at radius 3 is 2.60 bits per heavy atom. The van der Waals surface area contributed by atoms with Gasteiger partial charge in [0.2, 0.25) is 0 Å². The smallest absolute Gasteiger partial charge is 0.328 e. The number of aliphatic hydroxyl groups excluding tert-OH is 1. The summed E-state index contributed by atoms with van der Waals surface area (Å²) in [5.41, 5.74) is -0.145. The molecule has 0 bridgehead atoms. The largest absolute Gasteiger partial charge is 0.497 e. The van der Waals surface area contributed by atoms with E-state index in [9.17, 15) is 14.7 Å². The van der Waals surface area contributed by atoms with Crippen molar-refractivity contribution in [2.24, 2.45) is 0 Å². The van der Waals surface area contributed by atoms with E-state index < -0.39 is 17.4 Å². The lowest BCUT2D eigenvalue weighted by Gasteiger charge is -2.17. The molecule has 7 heteroatoms. The Kier molecular flexibility index (Phi) is 4.58. The molecule has 0 saturated carbocycles. The standard InChI is InChI=1S/C18H18N2O5/c1-24-11-7-8-16(25-2)13(9-11)15(21)10-20-17(22)12-5-3-4-6-14(12)19-18(20)23/h3-9,15,21H,10H2,1-2H3,(H,19,23). The van der Waals surface area contributed by atoms with E-state index in [4.69, 9.17) is 9.47 Å². The average Bonchev–Trinajstić information content (AvgIpc) is 2.64. The number of para-hydroxylation sites is 1. The number of hydrogen-bond acceptors (Lipinski definition) is 5. The molecule has 7 nitrogen and oxygen atoms in total. The maximum absolute atomic E-state index is 12.6. The number of aliphatic hydroxyl groups is 1. The maximum Gasteiger partial charge on any atom is 0.328 e. The number of benzene rings is 2. The van der Waals surface area contributed by atoms with E-state index in [0.717, 1.165) is 4.57 Å². The quantitative estimate of drug-likeness (QED) is 0.732. The summed E-state index contributed by atoms with van der Waals surface area (Å²) in [5, 5.41) is 11.0. The molecule has 3 rings (SSSR count). The van der Waals surface area contributed by atoms with E-state index in [-0.39, 0.29) is 6.54 Å². The van der Waals surface area contributed by atoms with E-state index in [0.29, 0.717) is 28.0 Å². The van der Waals surface area contributed by atoms with Crippen molar-refractivity contribution in [3.05, 3.63) is 68.9 Å². The van der Waals surface area contributed by atoms with Crippen LogP contribution in [0, 0.1) is 0 Å². The van der Waals surface area contributed by atoms with Crippen molar-refractivity contribution in [3.8, 4) is 11.5 Å². The Labute approximate surface area is 143 Å². The molecule has 0 aliphatic heterocycles. The van der Waals surface area contributed by atoms with Crippen LogP contribution in [0.15, 0.2) is 52.1 Å². The molecule has 0 amide bonds. The molecule has 2 N–H and O–H groups in total. The number of methoxy groups -OCH3 is 2. The van der Waals surface area contributed by atoms with Crippen molar-refractivity contribution in [2.75, 3.05) is 14.2 Å². The number of hydrogen-bond donors (Lipinski definition) is 2. The molecule has 0 fully saturated rings. The van der Waals surface area contributed by atoms with Crippen LogP contribution in [-0.2, 0) is 6.54 Å². The van der Waals surface area contributed by atoms with Crippen LogP contribution in [0.2, 0.25) is 0 Å². The number of fused-ring (bicyclic) bond motifs is 1. The highest BCUT2D eigenvalue weighted by atomic mass is 16.5. The molecule has 2 aromatic carbocycles. The lowest BCUT2D eigenvalue weighted by Crippen LogP contribution is -2.36. The number of aromatic nitrogens is 2. The number of H-pyrrole nitrogens is 1. The summed E-state index contributed by atoms with van der Waals surface area (Å²) in [5.74, 6) is 0.980. The summed E-state index contributed by atoms with van der Waals surface area (Å²) in [6.07, 6.45) is -1.12. The fourth-order valence-electron chi connectivity index (χ4n) is 2.74. The van der Waals surface area contributed by atoms with E-state index in [1.807, 2.05) is 0 Å². The first-order valence-corrected chi connectivity index (χ1v) is 7.67. The van der Waals surface area contributed by atoms with Gasteiger partial charge in [0, 0.05) is 5.56 Å². The van der Waals surface area contributed by atoms with Gasteiger partial charge in [-0.05, 0) is 30.3 Å². The zero-order chi connectivity index (χ0) is 18.0. The molecule has 1 aromatic heterocycles. The number of aromatic amines is 1. The van der Waals surface area contributed by atoms with E-state index in [1.54, 1.807) is 42.5 Å². The van der Waals surface area contributed by atoms with Crippen molar-refractivity contribution in [1.29, 1.82) is 0 Å². The minimum Gasteiger partial charge on any atom is -0.497 e. The Morgan fingerprint density at radius 2 is 1.88 bits per heavy atom. The van der Waals surface area contributed by atoms with E-state index >= 15 is 0 Å². The van der Waals surface area contributed by atoms with E-state index in [1.165, 1.54) is 14.2 Å². The van der Waals surface area contributed by atoms with Crippen molar-refractivity contribution in [1.82, 2.24) is 9.55 Å². The summed E-state index contributed by atoms with van der Waals surface area (Å²) in [6.45, 7) is -0.206. The van der Waals surface area contributed by atoms with Crippen LogP contribution in [0.5, 0.6) is 11.5 Å². The third kappa shape index (κ3) is 3.14. The van der Waals surface area contributed by atoms with Gasteiger partial charge < -0.3 is 19.6 Å². The number of ether oxygens (including phenoxy) is 2. The first-order chi connectivity index (χ1) is 12.0. The third-order valence-electron chi connectivity index (χ3n) is 4.04. The second-order valence-corrected chi connectivity index (χ2v) is 5.52. The topological polar surface area (TPSA) is 93.5 Å². The van der Waals surface area contributed by atoms with Crippen molar-refractivity contribution in [3.63, 3.8) is 0 Å². The van der Waals surface area contributed by atoms with Gasteiger partial charge in [-0.25, -0.2) is 4.79 Å². The average molecular weight is 342 g/mol. The monoisotopic (exact) mass is 342 g/mol. The predicted octanol–water partition coefficient (Wildman–Crippen LogP) is 1.44. The van der Waals surface area contributed by atoms with Crippen molar-refractivity contribution in [2.45, 2.75) is 12.6 Å². The highest BCUT2D eigenvalue weighted by molar-refractivity contribution is 5.76. The lowest BCUT2D eigenvalue weighted by atomic mass is 10.1. The number of nitrogens with one attached hydrogen (secondary N) is 1. The highest BCUT2D eigenvalue weighted by Crippen LogP contribution is 2.29. The normalized spacial score (nSPS) is 12.1. The van der Waals surface area contributed by atoms with Crippen molar-refractivity contribution < 1.29 is 14.6 Å². The zero-order valence-corrected chi connectivity index (χ0v) is 13.9. The fraction of sp³-hybridized carbons (Fsp3) is 0.222. The Morgan fingerprint density at radius 1 is 1.12 bits per heavy atom. The minimum atomic E-state index is -1.12. The summed E-state index contributed by atoms with van der Waals surface area (Å²) >= 11 is 0. The second-order valence-electron chi connectivity index (χ2n) is 5.52. The van der Waals surface area contributed by atoms with Gasteiger partial charge in [-0.3, -0.25) is 9.36 Å². The molecule has 25 heavy (non-hydrogen) atoms. The van der Waals surface area contributed by atoms with Crippen LogP contribution in [0.1, 0.15) is 11.7 Å². The van der Waals surface area contributed by atoms with Gasteiger partial charge in [0.1, 0.15) is 17.6 Å². The first-order valence-electron chi connectivity index (χ1n) is 7.67. The Hall–Kier alpha value is -3.06. The van der Waals surface area contributed by atoms with Gasteiger partial charge in [0.15, 0.2) is 0 Å². The summed E-state index contributed by atoms with van der Waals surface area (Å²) in [4.78, 5) is 27.5. The number of rotatable bonds is 5. The van der Waals surface area contributed by atoms with Gasteiger partial charge in [-0.1, -0.05) is 12.1 Å². The molecule has 0 radical (unpaired) electrons. The molecule has 0 aliphatic rings. The van der Waals surface area contributed by atoms with Crippen LogP contribution in [0.3, 0.4) is 0 Å². The van der Waals surface area contributed by atoms with Crippen molar-refractivity contribution >= 4 is 10.9 Å². The Bertz CT molecular complexity index is 1020. The van der Waals surface area contributed by atoms with Crippen LogP contribution in [-0.4, -0.2) is 28.9 Å². The van der Waals surface area contributed by atoms with Gasteiger partial charge in [0.05, 0.1) is 31.7 Å². The molecule has 1 atom stereocenters. The van der Waals surface area contributed by atoms with Gasteiger partial charge in [0.25, 0.3) is 5.56 Å². The SMILES string of the molecule is COc1ccc(OC)c(C(O)Cn2c(=O)[nH]c3ccccc3c2=O)c1. The van der Waals surface area contributed by atoms with Gasteiger partial charge >= 0.3 is 5.69 Å². The molecule has 130 valence electrons. The van der Waals surface area contributed by atoms with Crippen LogP contribution < -0.4 is 20.7 Å². The molecule has 1 heterocycles. The molecular formula is C18H18N2O5. The molecule has 3 aromatic rings. The highest BCUT2D eigenvalue weighted by Gasteiger charge is 2.18. The predicted molar refractivity (Wildman–Crippen MR) is 93.3 cm³/mol. The number of nitrogens with zero attached hydrogens (tertiary/aromatic N) is 1. The fourth-order valence-corrected chi connectivity index (χ4v) is 2.74. The molecular weight excluding hydrogens is 324 g/mol. The minimum absolute atomic E-state index is 0.206. The van der Waals surface area contributed by atoms with Crippen LogP contribution in [0.25, 0.3) is 10.9 Å². The van der Waals surface area contributed by atoms with Crippen LogP contribution >= 0.6 is 0 Å². The van der Waals surface area contributed by atoms with Crippen LogP contribution in [0.4, 0.5) is 0 Å². The summed E-state index contributed by atoms with van der Waals surface area (Å²) in [6, 6.07) is 11.7. The van der Waals surface area contributed by atoms with Gasteiger partial charge in [-0.2, -0.15) is 0 Å². The molecule has 0 aliphatic carbocycles. The molecule has 1 unspecified atom stereocenters. The third-order valence-corrected chi connectivity index (χ3v) is 4.04. The van der Waals surface area contributed by atoms with Gasteiger partial charge in [-0.15, -0.1) is 0 Å². The summed E-state index contributed by atoms with van der Waals surface area (Å²) < 4.78 is 11.4. The maximum atomic E-state index is 12.6. The lowest BCUT2D eigenvalue weighted by molar-refractivity contribution is 0.149. The zero-order valence-electron chi connectivity index (χ0n) is 13.9.